The third kappa shape index (κ3) is 2.16. The SMILES string of the molecule is C=C(C)[C@H]1COc2c(C)cc3oc4cccc(O)c4c(=O)c3c2[C@H]1O. The van der Waals surface area contributed by atoms with Crippen molar-refractivity contribution in [2.75, 3.05) is 6.61 Å². The molecular formula is C20H18O5. The van der Waals surface area contributed by atoms with Gasteiger partial charge < -0.3 is 19.4 Å². The number of benzene rings is 2. The first-order valence-corrected chi connectivity index (χ1v) is 8.08. The maximum atomic E-state index is 13.1. The summed E-state index contributed by atoms with van der Waals surface area (Å²) in [6.45, 7) is 7.88. The van der Waals surface area contributed by atoms with E-state index in [1.807, 2.05) is 13.8 Å². The summed E-state index contributed by atoms with van der Waals surface area (Å²) in [6, 6.07) is 6.42. The Morgan fingerprint density at radius 2 is 2.04 bits per heavy atom. The normalized spacial score (nSPS) is 19.6. The van der Waals surface area contributed by atoms with E-state index in [9.17, 15) is 15.0 Å². The average Bonchev–Trinajstić information content (AvgIpc) is 2.55. The number of aliphatic hydroxyl groups excluding tert-OH is 1. The van der Waals surface area contributed by atoms with Gasteiger partial charge in [-0.1, -0.05) is 18.2 Å². The molecule has 2 aromatic carbocycles. The second kappa shape index (κ2) is 5.36. The van der Waals surface area contributed by atoms with Crippen LogP contribution < -0.4 is 10.2 Å². The van der Waals surface area contributed by atoms with Crippen LogP contribution in [0, 0.1) is 12.8 Å². The average molecular weight is 338 g/mol. The highest BCUT2D eigenvalue weighted by molar-refractivity contribution is 5.96. The molecule has 0 radical (unpaired) electrons. The Labute approximate surface area is 143 Å². The third-order valence-corrected chi connectivity index (χ3v) is 4.86. The van der Waals surface area contributed by atoms with Crippen molar-refractivity contribution in [2.45, 2.75) is 20.0 Å². The smallest absolute Gasteiger partial charge is 0.204 e. The molecule has 4 rings (SSSR count). The van der Waals surface area contributed by atoms with E-state index in [0.717, 1.165) is 11.1 Å². The van der Waals surface area contributed by atoms with E-state index >= 15 is 0 Å². The van der Waals surface area contributed by atoms with Gasteiger partial charge in [0.25, 0.3) is 0 Å². The number of hydrogen-bond donors (Lipinski definition) is 2. The van der Waals surface area contributed by atoms with Crippen LogP contribution in [0.5, 0.6) is 11.5 Å². The molecule has 2 atom stereocenters. The minimum absolute atomic E-state index is 0.103. The largest absolute Gasteiger partial charge is 0.507 e. The molecule has 128 valence electrons. The molecule has 0 fully saturated rings. The van der Waals surface area contributed by atoms with Crippen LogP contribution in [0.1, 0.15) is 24.2 Å². The zero-order valence-corrected chi connectivity index (χ0v) is 14.0. The molecular weight excluding hydrogens is 320 g/mol. The zero-order valence-electron chi connectivity index (χ0n) is 14.0. The quantitative estimate of drug-likeness (QED) is 0.524. The van der Waals surface area contributed by atoms with Gasteiger partial charge in [0.05, 0.1) is 18.1 Å². The van der Waals surface area contributed by atoms with Crippen LogP contribution >= 0.6 is 0 Å². The van der Waals surface area contributed by atoms with Gasteiger partial charge in [-0.2, -0.15) is 0 Å². The number of phenolic OH excluding ortho intramolecular Hbond substituents is 1. The molecule has 1 aromatic heterocycles. The van der Waals surface area contributed by atoms with E-state index in [1.54, 1.807) is 18.2 Å². The van der Waals surface area contributed by atoms with Crippen molar-refractivity contribution >= 4 is 21.9 Å². The minimum Gasteiger partial charge on any atom is -0.507 e. The summed E-state index contributed by atoms with van der Waals surface area (Å²) in [7, 11) is 0. The van der Waals surface area contributed by atoms with Crippen LogP contribution in [0.25, 0.3) is 21.9 Å². The number of phenols is 1. The summed E-state index contributed by atoms with van der Waals surface area (Å²) in [6.07, 6.45) is -0.921. The Bertz CT molecular complexity index is 1090. The first-order chi connectivity index (χ1) is 11.9. The first kappa shape index (κ1) is 15.7. The molecule has 0 bridgehead atoms. The predicted molar refractivity (Wildman–Crippen MR) is 95.2 cm³/mol. The molecule has 3 aromatic rings. The summed E-state index contributed by atoms with van der Waals surface area (Å²) in [4.78, 5) is 13.1. The van der Waals surface area contributed by atoms with Crippen LogP contribution in [0.2, 0.25) is 0 Å². The summed E-state index contributed by atoms with van der Waals surface area (Å²) >= 11 is 0. The van der Waals surface area contributed by atoms with Crippen LogP contribution in [0.15, 0.2) is 45.6 Å². The third-order valence-electron chi connectivity index (χ3n) is 4.86. The fourth-order valence-electron chi connectivity index (χ4n) is 3.54. The van der Waals surface area contributed by atoms with E-state index in [-0.39, 0.29) is 27.9 Å². The second-order valence-corrected chi connectivity index (χ2v) is 6.60. The Hall–Kier alpha value is -2.79. The molecule has 25 heavy (non-hydrogen) atoms. The number of fused-ring (bicyclic) bond motifs is 4. The lowest BCUT2D eigenvalue weighted by molar-refractivity contribution is 0.0701. The van der Waals surface area contributed by atoms with Crippen LogP contribution in [-0.4, -0.2) is 16.8 Å². The summed E-state index contributed by atoms with van der Waals surface area (Å²) in [5.41, 5.74) is 2.26. The Morgan fingerprint density at radius 3 is 2.76 bits per heavy atom. The highest BCUT2D eigenvalue weighted by atomic mass is 16.5. The van der Waals surface area contributed by atoms with Gasteiger partial charge in [0.2, 0.25) is 5.43 Å². The molecule has 2 N–H and O–H groups in total. The molecule has 0 aliphatic carbocycles. The second-order valence-electron chi connectivity index (χ2n) is 6.60. The van der Waals surface area contributed by atoms with Gasteiger partial charge in [0.1, 0.15) is 28.1 Å². The van der Waals surface area contributed by atoms with Gasteiger partial charge in [-0.3, -0.25) is 4.79 Å². The Balaban J connectivity index is 2.18. The van der Waals surface area contributed by atoms with Crippen molar-refractivity contribution in [3.8, 4) is 11.5 Å². The summed E-state index contributed by atoms with van der Waals surface area (Å²) in [5.74, 6) is 0.0432. The maximum absolute atomic E-state index is 13.1. The number of rotatable bonds is 1. The predicted octanol–water partition coefficient (Wildman–Crippen LogP) is 3.58. The summed E-state index contributed by atoms with van der Waals surface area (Å²) in [5, 5.41) is 21.4. The van der Waals surface area contributed by atoms with Gasteiger partial charge in [-0.05, 0) is 37.6 Å². The van der Waals surface area contributed by atoms with Gasteiger partial charge in [-0.25, -0.2) is 0 Å². The van der Waals surface area contributed by atoms with Crippen molar-refractivity contribution in [1.82, 2.24) is 0 Å². The standard InChI is InChI=1S/C20H18O5/c1-9(2)11-8-24-20-10(3)7-14-16(17(20)18(11)22)19(23)15-12(21)5-4-6-13(15)25-14/h4-7,11,18,21-22H,1,8H2,2-3H3/t11-,18+/m1/s1. The Kier molecular flexibility index (Phi) is 3.37. The molecule has 0 amide bonds. The topological polar surface area (TPSA) is 79.9 Å². The summed E-state index contributed by atoms with van der Waals surface area (Å²) < 4.78 is 11.7. The van der Waals surface area contributed by atoms with Gasteiger partial charge in [0, 0.05) is 11.5 Å². The van der Waals surface area contributed by atoms with Gasteiger partial charge >= 0.3 is 0 Å². The van der Waals surface area contributed by atoms with Crippen molar-refractivity contribution in [3.05, 3.63) is 57.8 Å². The number of aryl methyl sites for hydroxylation is 1. The maximum Gasteiger partial charge on any atom is 0.204 e. The Morgan fingerprint density at radius 1 is 1.28 bits per heavy atom. The lowest BCUT2D eigenvalue weighted by atomic mass is 9.85. The molecule has 5 heteroatoms. The zero-order chi connectivity index (χ0) is 17.9. The number of aliphatic hydroxyl groups is 1. The van der Waals surface area contributed by atoms with E-state index < -0.39 is 6.10 Å². The van der Waals surface area contributed by atoms with Gasteiger partial charge in [-0.15, -0.1) is 0 Å². The van der Waals surface area contributed by atoms with Gasteiger partial charge in [0.15, 0.2) is 0 Å². The molecule has 1 aliphatic heterocycles. The van der Waals surface area contributed by atoms with Crippen molar-refractivity contribution in [1.29, 1.82) is 0 Å². The first-order valence-electron chi connectivity index (χ1n) is 8.08. The molecule has 0 saturated carbocycles. The van der Waals surface area contributed by atoms with Crippen molar-refractivity contribution < 1.29 is 19.4 Å². The molecule has 0 saturated heterocycles. The monoisotopic (exact) mass is 338 g/mol. The van der Waals surface area contributed by atoms with E-state index in [1.165, 1.54) is 6.07 Å². The number of aromatic hydroxyl groups is 1. The van der Waals surface area contributed by atoms with E-state index in [0.29, 0.717) is 29.1 Å². The fraction of sp³-hybridized carbons (Fsp3) is 0.250. The fourth-order valence-corrected chi connectivity index (χ4v) is 3.54. The number of hydrogen-bond acceptors (Lipinski definition) is 5. The molecule has 0 spiro atoms. The molecule has 2 heterocycles. The van der Waals surface area contributed by atoms with Crippen molar-refractivity contribution in [3.63, 3.8) is 0 Å². The molecule has 1 aliphatic rings. The van der Waals surface area contributed by atoms with Crippen LogP contribution in [-0.2, 0) is 0 Å². The highest BCUT2D eigenvalue weighted by Gasteiger charge is 2.34. The highest BCUT2D eigenvalue weighted by Crippen LogP contribution is 2.44. The number of ether oxygens (including phenoxy) is 1. The molecule has 5 nitrogen and oxygen atoms in total. The van der Waals surface area contributed by atoms with Crippen LogP contribution in [0.4, 0.5) is 0 Å². The van der Waals surface area contributed by atoms with E-state index in [4.69, 9.17) is 9.15 Å². The molecule has 0 unspecified atom stereocenters. The van der Waals surface area contributed by atoms with E-state index in [2.05, 4.69) is 6.58 Å². The van der Waals surface area contributed by atoms with Crippen LogP contribution in [0.3, 0.4) is 0 Å². The van der Waals surface area contributed by atoms with Crippen molar-refractivity contribution in [2.24, 2.45) is 5.92 Å². The lowest BCUT2D eigenvalue weighted by Gasteiger charge is -2.32. The minimum atomic E-state index is -0.921. The lowest BCUT2D eigenvalue weighted by Crippen LogP contribution is -2.28.